The van der Waals surface area contributed by atoms with E-state index < -0.39 is 0 Å². The highest BCUT2D eigenvalue weighted by atomic mass is 79.9. The van der Waals surface area contributed by atoms with E-state index >= 15 is 0 Å². The van der Waals surface area contributed by atoms with Crippen LogP contribution in [0.1, 0.15) is 43.6 Å². The molecule has 0 saturated carbocycles. The van der Waals surface area contributed by atoms with E-state index in [1.54, 1.807) is 30.7 Å². The van der Waals surface area contributed by atoms with Crippen molar-refractivity contribution in [2.75, 3.05) is 5.32 Å². The number of nitrogens with one attached hydrogen (secondary N) is 1. The number of rotatable bonds is 5. The van der Waals surface area contributed by atoms with E-state index in [9.17, 15) is 4.79 Å². The Morgan fingerprint density at radius 2 is 2.14 bits per heavy atom. The fourth-order valence-electron chi connectivity index (χ4n) is 2.27. The Morgan fingerprint density at radius 3 is 2.81 bits per heavy atom. The molecule has 2 heterocycles. The van der Waals surface area contributed by atoms with Gasteiger partial charge in [-0.2, -0.15) is 5.10 Å². The first-order valence-electron chi connectivity index (χ1n) is 6.92. The Kier molecular flexibility index (Phi) is 5.12. The van der Waals surface area contributed by atoms with Crippen LogP contribution in [0, 0.1) is 5.92 Å². The molecule has 2 rings (SSSR count). The van der Waals surface area contributed by atoms with Crippen LogP contribution in [0.2, 0.25) is 0 Å². The van der Waals surface area contributed by atoms with E-state index in [2.05, 4.69) is 52.1 Å². The molecular weight excluding hydrogens is 332 g/mol. The van der Waals surface area contributed by atoms with Gasteiger partial charge in [-0.3, -0.25) is 9.78 Å². The van der Waals surface area contributed by atoms with Crippen LogP contribution in [0.15, 0.2) is 35.2 Å². The first-order chi connectivity index (χ1) is 9.97. The molecule has 0 unspecified atom stereocenters. The van der Waals surface area contributed by atoms with Gasteiger partial charge in [-0.15, -0.1) is 0 Å². The Balaban J connectivity index is 2.13. The van der Waals surface area contributed by atoms with E-state index in [1.165, 1.54) is 0 Å². The van der Waals surface area contributed by atoms with Crippen molar-refractivity contribution >= 4 is 27.7 Å². The van der Waals surface area contributed by atoms with Gasteiger partial charge in [-0.1, -0.05) is 13.8 Å². The third-order valence-electron chi connectivity index (χ3n) is 3.11. The lowest BCUT2D eigenvalue weighted by atomic mass is 10.1. The second-order valence-corrected chi connectivity index (χ2v) is 6.40. The standard InChI is InChI=1S/C15H19BrN4O/c1-10(2)6-11(3)20-14(4-5-18-20)19-15(21)12-7-13(16)9-17-8-12/h4-5,7-11H,6H2,1-3H3,(H,19,21)/t11-/m1/s1. The molecule has 0 fully saturated rings. The van der Waals surface area contributed by atoms with Crippen molar-refractivity contribution in [3.05, 3.63) is 40.8 Å². The van der Waals surface area contributed by atoms with Gasteiger partial charge < -0.3 is 5.32 Å². The fourth-order valence-corrected chi connectivity index (χ4v) is 2.64. The van der Waals surface area contributed by atoms with Crippen LogP contribution >= 0.6 is 15.9 Å². The van der Waals surface area contributed by atoms with E-state index in [-0.39, 0.29) is 11.9 Å². The van der Waals surface area contributed by atoms with Gasteiger partial charge in [0.25, 0.3) is 5.91 Å². The van der Waals surface area contributed by atoms with Gasteiger partial charge in [0.1, 0.15) is 5.82 Å². The number of anilines is 1. The molecule has 2 aromatic heterocycles. The molecule has 1 atom stereocenters. The summed E-state index contributed by atoms with van der Waals surface area (Å²) in [5.74, 6) is 1.08. The molecule has 0 radical (unpaired) electrons. The number of carbonyl (C=O) groups is 1. The first-order valence-corrected chi connectivity index (χ1v) is 7.72. The number of amides is 1. The van der Waals surface area contributed by atoms with Crippen LogP contribution in [0.25, 0.3) is 0 Å². The highest BCUT2D eigenvalue weighted by molar-refractivity contribution is 9.10. The number of hydrogen-bond acceptors (Lipinski definition) is 3. The molecule has 21 heavy (non-hydrogen) atoms. The third kappa shape index (κ3) is 4.14. The summed E-state index contributed by atoms with van der Waals surface area (Å²) < 4.78 is 2.63. The summed E-state index contributed by atoms with van der Waals surface area (Å²) in [5, 5.41) is 7.20. The van der Waals surface area contributed by atoms with E-state index in [1.807, 2.05) is 4.68 Å². The van der Waals surface area contributed by atoms with Gasteiger partial charge in [0.05, 0.1) is 17.8 Å². The average molecular weight is 351 g/mol. The summed E-state index contributed by atoms with van der Waals surface area (Å²) in [5.41, 5.74) is 0.508. The number of aromatic nitrogens is 3. The molecule has 6 heteroatoms. The predicted octanol–water partition coefficient (Wildman–Crippen LogP) is 3.90. The fraction of sp³-hybridized carbons (Fsp3) is 0.400. The van der Waals surface area contributed by atoms with Crippen molar-refractivity contribution in [1.29, 1.82) is 0 Å². The van der Waals surface area contributed by atoms with Crippen LogP contribution in [0.5, 0.6) is 0 Å². The molecule has 5 nitrogen and oxygen atoms in total. The molecule has 0 bridgehead atoms. The third-order valence-corrected chi connectivity index (χ3v) is 3.54. The van der Waals surface area contributed by atoms with E-state index in [4.69, 9.17) is 0 Å². The second-order valence-electron chi connectivity index (χ2n) is 5.49. The largest absolute Gasteiger partial charge is 0.307 e. The zero-order valence-corrected chi connectivity index (χ0v) is 14.0. The molecule has 112 valence electrons. The predicted molar refractivity (Wildman–Crippen MR) is 86.3 cm³/mol. The normalized spacial score (nSPS) is 12.4. The molecule has 0 aromatic carbocycles. The lowest BCUT2D eigenvalue weighted by Gasteiger charge is -2.17. The molecule has 0 aliphatic heterocycles. The zero-order valence-electron chi connectivity index (χ0n) is 12.4. The number of nitrogens with zero attached hydrogens (tertiary/aromatic N) is 3. The number of halogens is 1. The summed E-state index contributed by atoms with van der Waals surface area (Å²) in [7, 11) is 0. The van der Waals surface area contributed by atoms with Gasteiger partial charge in [0.15, 0.2) is 0 Å². The second kappa shape index (κ2) is 6.85. The lowest BCUT2D eigenvalue weighted by Crippen LogP contribution is -2.18. The summed E-state index contributed by atoms with van der Waals surface area (Å²) in [6.07, 6.45) is 5.89. The molecular formula is C15H19BrN4O. The van der Waals surface area contributed by atoms with Crippen molar-refractivity contribution in [3.8, 4) is 0 Å². The van der Waals surface area contributed by atoms with Crippen molar-refractivity contribution < 1.29 is 4.79 Å². The van der Waals surface area contributed by atoms with Gasteiger partial charge in [-0.25, -0.2) is 4.68 Å². The minimum Gasteiger partial charge on any atom is -0.307 e. The van der Waals surface area contributed by atoms with Crippen molar-refractivity contribution in [2.24, 2.45) is 5.92 Å². The molecule has 0 aliphatic rings. The van der Waals surface area contributed by atoms with Gasteiger partial charge in [-0.05, 0) is 41.3 Å². The van der Waals surface area contributed by atoms with Crippen LogP contribution in [0.4, 0.5) is 5.82 Å². The SMILES string of the molecule is CC(C)C[C@@H](C)n1nccc1NC(=O)c1cncc(Br)c1. The highest BCUT2D eigenvalue weighted by Crippen LogP contribution is 2.21. The maximum Gasteiger partial charge on any atom is 0.258 e. The molecule has 1 N–H and O–H groups in total. The highest BCUT2D eigenvalue weighted by Gasteiger charge is 2.15. The van der Waals surface area contributed by atoms with Crippen LogP contribution < -0.4 is 5.32 Å². The molecule has 1 amide bonds. The number of pyridine rings is 1. The Labute approximate surface area is 132 Å². The Bertz CT molecular complexity index is 624. The summed E-state index contributed by atoms with van der Waals surface area (Å²) >= 11 is 3.31. The minimum absolute atomic E-state index is 0.192. The van der Waals surface area contributed by atoms with Crippen molar-refractivity contribution in [3.63, 3.8) is 0 Å². The van der Waals surface area contributed by atoms with Gasteiger partial charge >= 0.3 is 0 Å². The Morgan fingerprint density at radius 1 is 1.38 bits per heavy atom. The van der Waals surface area contributed by atoms with E-state index in [0.717, 1.165) is 10.9 Å². The first kappa shape index (κ1) is 15.7. The van der Waals surface area contributed by atoms with Crippen molar-refractivity contribution in [1.82, 2.24) is 14.8 Å². The minimum atomic E-state index is -0.192. The van der Waals surface area contributed by atoms with Crippen LogP contribution in [0.3, 0.4) is 0 Å². The quantitative estimate of drug-likeness (QED) is 0.889. The number of hydrogen-bond donors (Lipinski definition) is 1. The molecule has 0 aliphatic carbocycles. The Hall–Kier alpha value is -1.69. The lowest BCUT2D eigenvalue weighted by molar-refractivity contribution is 0.102. The summed E-state index contributed by atoms with van der Waals surface area (Å²) in [6, 6.07) is 3.77. The van der Waals surface area contributed by atoms with Gasteiger partial charge in [0.2, 0.25) is 0 Å². The zero-order chi connectivity index (χ0) is 15.4. The number of carbonyl (C=O) groups excluding carboxylic acids is 1. The molecule has 0 spiro atoms. The summed E-state index contributed by atoms with van der Waals surface area (Å²) in [4.78, 5) is 16.2. The van der Waals surface area contributed by atoms with Crippen LogP contribution in [-0.4, -0.2) is 20.7 Å². The summed E-state index contributed by atoms with van der Waals surface area (Å²) in [6.45, 7) is 6.44. The topological polar surface area (TPSA) is 59.8 Å². The smallest absolute Gasteiger partial charge is 0.258 e. The average Bonchev–Trinajstić information content (AvgIpc) is 2.86. The monoisotopic (exact) mass is 350 g/mol. The van der Waals surface area contributed by atoms with Crippen molar-refractivity contribution in [2.45, 2.75) is 33.2 Å². The van der Waals surface area contributed by atoms with Gasteiger partial charge in [0, 0.05) is 22.9 Å². The molecule has 2 aromatic rings. The van der Waals surface area contributed by atoms with Crippen LogP contribution in [-0.2, 0) is 0 Å². The van der Waals surface area contributed by atoms with E-state index in [0.29, 0.717) is 17.3 Å². The molecule has 0 saturated heterocycles. The maximum atomic E-state index is 12.2. The maximum absolute atomic E-state index is 12.2.